The molecule has 0 fully saturated rings. The molecule has 4 nitrogen and oxygen atoms in total. The van der Waals surface area contributed by atoms with Crippen LogP contribution in [0, 0.1) is 6.92 Å². The van der Waals surface area contributed by atoms with Gasteiger partial charge in [0.2, 0.25) is 10.0 Å². The molecule has 114 valence electrons. The number of fused-ring (bicyclic) bond motifs is 1. The number of hydrogen-bond acceptors (Lipinski definition) is 3. The highest BCUT2D eigenvalue weighted by Crippen LogP contribution is 2.22. The molecule has 0 saturated carbocycles. The maximum absolute atomic E-state index is 12.5. The van der Waals surface area contributed by atoms with Crippen molar-refractivity contribution >= 4 is 20.8 Å². The highest BCUT2D eigenvalue weighted by Gasteiger charge is 2.20. The zero-order chi connectivity index (χ0) is 15.7. The molecule has 0 amide bonds. The van der Waals surface area contributed by atoms with Crippen molar-refractivity contribution in [2.75, 3.05) is 0 Å². The zero-order valence-electron chi connectivity index (χ0n) is 12.4. The topological polar surface area (TPSA) is 59.3 Å². The SMILES string of the molecule is Cc1ccc(C(C)NS(=O)(=O)c2ccc3ccccc3c2)o1. The fraction of sp³-hybridized carbons (Fsp3) is 0.176. The Morgan fingerprint density at radius 1 is 1.00 bits per heavy atom. The fourth-order valence-electron chi connectivity index (χ4n) is 2.38. The van der Waals surface area contributed by atoms with Crippen LogP contribution in [0.2, 0.25) is 0 Å². The molecule has 5 heteroatoms. The van der Waals surface area contributed by atoms with Crippen molar-refractivity contribution in [1.29, 1.82) is 0 Å². The lowest BCUT2D eigenvalue weighted by atomic mass is 10.1. The van der Waals surface area contributed by atoms with Gasteiger partial charge in [-0.1, -0.05) is 30.3 Å². The van der Waals surface area contributed by atoms with Gasteiger partial charge in [0, 0.05) is 0 Å². The summed E-state index contributed by atoms with van der Waals surface area (Å²) in [7, 11) is -3.60. The molecule has 1 N–H and O–H groups in total. The number of aryl methyl sites for hydroxylation is 1. The van der Waals surface area contributed by atoms with E-state index in [9.17, 15) is 8.42 Å². The van der Waals surface area contributed by atoms with Crippen molar-refractivity contribution in [3.63, 3.8) is 0 Å². The third-order valence-corrected chi connectivity index (χ3v) is 5.09. The summed E-state index contributed by atoms with van der Waals surface area (Å²) in [6, 6.07) is 15.9. The van der Waals surface area contributed by atoms with E-state index in [-0.39, 0.29) is 4.90 Å². The minimum atomic E-state index is -3.60. The van der Waals surface area contributed by atoms with Crippen molar-refractivity contribution in [1.82, 2.24) is 4.72 Å². The molecule has 0 spiro atoms. The second kappa shape index (κ2) is 5.59. The van der Waals surface area contributed by atoms with Crippen LogP contribution in [0.1, 0.15) is 24.5 Å². The Kier molecular flexibility index (Phi) is 3.76. The summed E-state index contributed by atoms with van der Waals surface area (Å²) in [6.45, 7) is 3.59. The molecule has 2 aromatic carbocycles. The molecular weight excluding hydrogens is 298 g/mol. The van der Waals surface area contributed by atoms with Crippen LogP contribution in [-0.2, 0) is 10.0 Å². The minimum Gasteiger partial charge on any atom is -0.465 e. The van der Waals surface area contributed by atoms with Crippen LogP contribution in [0.25, 0.3) is 10.8 Å². The van der Waals surface area contributed by atoms with E-state index in [2.05, 4.69) is 4.72 Å². The minimum absolute atomic E-state index is 0.251. The number of benzene rings is 2. The van der Waals surface area contributed by atoms with Crippen LogP contribution in [0.5, 0.6) is 0 Å². The van der Waals surface area contributed by atoms with Crippen LogP contribution in [0.15, 0.2) is 63.9 Å². The standard InChI is InChI=1S/C17H17NO3S/c1-12-7-10-17(21-12)13(2)18-22(19,20)16-9-8-14-5-3-4-6-15(14)11-16/h3-11,13,18H,1-2H3. The quantitative estimate of drug-likeness (QED) is 0.797. The molecule has 3 rings (SSSR count). The molecule has 22 heavy (non-hydrogen) atoms. The first kappa shape index (κ1) is 14.8. The summed E-state index contributed by atoms with van der Waals surface area (Å²) in [4.78, 5) is 0.251. The first-order valence-electron chi connectivity index (χ1n) is 7.03. The molecule has 0 aliphatic heterocycles. The lowest BCUT2D eigenvalue weighted by Crippen LogP contribution is -2.26. The van der Waals surface area contributed by atoms with Gasteiger partial charge < -0.3 is 4.42 Å². The van der Waals surface area contributed by atoms with Crippen LogP contribution in [0.4, 0.5) is 0 Å². The summed E-state index contributed by atoms with van der Waals surface area (Å²) in [6.07, 6.45) is 0. The molecule has 0 aliphatic carbocycles. The molecule has 1 atom stereocenters. The van der Waals surface area contributed by atoms with E-state index in [1.54, 1.807) is 25.1 Å². The number of rotatable bonds is 4. The van der Waals surface area contributed by atoms with Crippen molar-refractivity contribution in [2.45, 2.75) is 24.8 Å². The van der Waals surface area contributed by atoms with Crippen LogP contribution in [-0.4, -0.2) is 8.42 Å². The second-order valence-electron chi connectivity index (χ2n) is 5.30. The number of sulfonamides is 1. The zero-order valence-corrected chi connectivity index (χ0v) is 13.2. The molecule has 0 aliphatic rings. The van der Waals surface area contributed by atoms with Crippen molar-refractivity contribution in [3.05, 3.63) is 66.1 Å². The Labute approximate surface area is 129 Å². The average Bonchev–Trinajstić information content (AvgIpc) is 2.93. The lowest BCUT2D eigenvalue weighted by molar-refractivity contribution is 0.441. The molecule has 0 bridgehead atoms. The van der Waals surface area contributed by atoms with E-state index >= 15 is 0 Å². The van der Waals surface area contributed by atoms with Gasteiger partial charge in [-0.15, -0.1) is 0 Å². The summed E-state index contributed by atoms with van der Waals surface area (Å²) >= 11 is 0. The Bertz CT molecular complexity index is 912. The highest BCUT2D eigenvalue weighted by atomic mass is 32.2. The third-order valence-electron chi connectivity index (χ3n) is 3.55. The Hall–Kier alpha value is -2.11. The van der Waals surface area contributed by atoms with Gasteiger partial charge in [0.25, 0.3) is 0 Å². The van der Waals surface area contributed by atoms with Gasteiger partial charge in [-0.3, -0.25) is 0 Å². The number of hydrogen-bond donors (Lipinski definition) is 1. The van der Waals surface area contributed by atoms with E-state index in [1.165, 1.54) is 0 Å². The molecule has 1 unspecified atom stereocenters. The van der Waals surface area contributed by atoms with Crippen LogP contribution < -0.4 is 4.72 Å². The molecule has 1 heterocycles. The van der Waals surface area contributed by atoms with Crippen molar-refractivity contribution in [3.8, 4) is 0 Å². The highest BCUT2D eigenvalue weighted by molar-refractivity contribution is 7.89. The monoisotopic (exact) mass is 315 g/mol. The third kappa shape index (κ3) is 2.91. The Morgan fingerprint density at radius 2 is 1.73 bits per heavy atom. The lowest BCUT2D eigenvalue weighted by Gasteiger charge is -2.12. The van der Waals surface area contributed by atoms with Gasteiger partial charge in [-0.2, -0.15) is 0 Å². The van der Waals surface area contributed by atoms with E-state index in [4.69, 9.17) is 4.42 Å². The van der Waals surface area contributed by atoms with Gasteiger partial charge in [0.15, 0.2) is 0 Å². The second-order valence-corrected chi connectivity index (χ2v) is 7.01. The summed E-state index contributed by atoms with van der Waals surface area (Å²) < 4.78 is 33.1. The van der Waals surface area contributed by atoms with Gasteiger partial charge in [-0.05, 0) is 48.9 Å². The van der Waals surface area contributed by atoms with Crippen LogP contribution >= 0.6 is 0 Å². The number of furan rings is 1. The maximum atomic E-state index is 12.5. The van der Waals surface area contributed by atoms with E-state index in [0.717, 1.165) is 16.5 Å². The van der Waals surface area contributed by atoms with Crippen molar-refractivity contribution in [2.24, 2.45) is 0 Å². The van der Waals surface area contributed by atoms with Gasteiger partial charge >= 0.3 is 0 Å². The molecule has 3 aromatic rings. The smallest absolute Gasteiger partial charge is 0.241 e. The Morgan fingerprint density at radius 3 is 2.41 bits per heavy atom. The average molecular weight is 315 g/mol. The van der Waals surface area contributed by atoms with E-state index < -0.39 is 16.1 Å². The summed E-state index contributed by atoms with van der Waals surface area (Å²) in [5.41, 5.74) is 0. The summed E-state index contributed by atoms with van der Waals surface area (Å²) in [5, 5.41) is 1.91. The molecular formula is C17H17NO3S. The predicted molar refractivity (Wildman–Crippen MR) is 86.1 cm³/mol. The maximum Gasteiger partial charge on any atom is 0.241 e. The fourth-order valence-corrected chi connectivity index (χ4v) is 3.63. The normalized spacial score (nSPS) is 13.4. The Balaban J connectivity index is 1.90. The molecule has 0 radical (unpaired) electrons. The summed E-state index contributed by atoms with van der Waals surface area (Å²) in [5.74, 6) is 1.36. The van der Waals surface area contributed by atoms with Gasteiger partial charge in [-0.25, -0.2) is 13.1 Å². The van der Waals surface area contributed by atoms with Crippen molar-refractivity contribution < 1.29 is 12.8 Å². The molecule has 1 aromatic heterocycles. The van der Waals surface area contributed by atoms with Gasteiger partial charge in [0.1, 0.15) is 11.5 Å². The first-order chi connectivity index (χ1) is 10.5. The first-order valence-corrected chi connectivity index (χ1v) is 8.51. The van der Waals surface area contributed by atoms with E-state index in [0.29, 0.717) is 5.76 Å². The predicted octanol–water partition coefficient (Wildman–Crippen LogP) is 3.78. The largest absolute Gasteiger partial charge is 0.465 e. The van der Waals surface area contributed by atoms with Gasteiger partial charge in [0.05, 0.1) is 10.9 Å². The molecule has 0 saturated heterocycles. The van der Waals surface area contributed by atoms with E-state index in [1.807, 2.05) is 43.3 Å². The van der Waals surface area contributed by atoms with Crippen LogP contribution in [0.3, 0.4) is 0 Å². The number of nitrogens with one attached hydrogen (secondary N) is 1.